The Morgan fingerprint density at radius 1 is 1.11 bits per heavy atom. The van der Waals surface area contributed by atoms with E-state index in [-0.39, 0.29) is 13.0 Å². The summed E-state index contributed by atoms with van der Waals surface area (Å²) in [7, 11) is 0. The van der Waals surface area contributed by atoms with Crippen molar-refractivity contribution in [2.24, 2.45) is 11.5 Å². The lowest BCUT2D eigenvalue weighted by atomic mass is 10.2. The van der Waals surface area contributed by atoms with Crippen molar-refractivity contribution in [1.29, 1.82) is 0 Å². The average Bonchev–Trinajstić information content (AvgIpc) is 2.22. The summed E-state index contributed by atoms with van der Waals surface area (Å²) in [6, 6.07) is -2.13. The van der Waals surface area contributed by atoms with Crippen molar-refractivity contribution in [1.82, 2.24) is 10.6 Å². The van der Waals surface area contributed by atoms with Crippen LogP contribution in [-0.2, 0) is 14.4 Å². The second-order valence-electron chi connectivity index (χ2n) is 3.53. The van der Waals surface area contributed by atoms with Crippen molar-refractivity contribution in [3.63, 3.8) is 0 Å². The van der Waals surface area contributed by atoms with Gasteiger partial charge in [0, 0.05) is 13.0 Å². The van der Waals surface area contributed by atoms with Gasteiger partial charge in [0.2, 0.25) is 11.8 Å². The van der Waals surface area contributed by atoms with Gasteiger partial charge in [-0.1, -0.05) is 0 Å². The zero-order valence-corrected chi connectivity index (χ0v) is 9.64. The van der Waals surface area contributed by atoms with Gasteiger partial charge in [0.25, 0.3) is 0 Å². The first kappa shape index (κ1) is 15.7. The van der Waals surface area contributed by atoms with Crippen molar-refractivity contribution in [3.05, 3.63) is 0 Å². The number of rotatable bonds is 8. The van der Waals surface area contributed by atoms with E-state index in [9.17, 15) is 19.2 Å². The number of carbonyl (C=O) groups excluding carboxylic acids is 3. The Morgan fingerprint density at radius 2 is 1.72 bits per heavy atom. The van der Waals surface area contributed by atoms with E-state index in [1.54, 1.807) is 0 Å². The van der Waals surface area contributed by atoms with E-state index >= 15 is 0 Å². The Hall–Kier alpha value is -2.32. The minimum Gasteiger partial charge on any atom is -0.480 e. The smallest absolute Gasteiger partial charge is 0.326 e. The number of hydrogen-bond donors (Lipinski definition) is 5. The van der Waals surface area contributed by atoms with Crippen molar-refractivity contribution >= 4 is 23.8 Å². The molecule has 9 nitrogen and oxygen atoms in total. The van der Waals surface area contributed by atoms with Gasteiger partial charge in [-0.25, -0.2) is 9.59 Å². The summed E-state index contributed by atoms with van der Waals surface area (Å²) in [5, 5.41) is 13.1. The van der Waals surface area contributed by atoms with E-state index in [4.69, 9.17) is 16.6 Å². The lowest BCUT2D eigenvalue weighted by Crippen LogP contribution is -2.47. The summed E-state index contributed by atoms with van der Waals surface area (Å²) < 4.78 is 0. The molecule has 0 rings (SSSR count). The second-order valence-corrected chi connectivity index (χ2v) is 3.53. The first-order chi connectivity index (χ1) is 8.32. The van der Waals surface area contributed by atoms with Crippen LogP contribution in [0.4, 0.5) is 4.79 Å². The lowest BCUT2D eigenvalue weighted by Gasteiger charge is -2.13. The van der Waals surface area contributed by atoms with E-state index in [2.05, 4.69) is 10.6 Å². The van der Waals surface area contributed by atoms with Gasteiger partial charge < -0.3 is 27.2 Å². The van der Waals surface area contributed by atoms with Gasteiger partial charge in [-0.3, -0.25) is 9.59 Å². The lowest BCUT2D eigenvalue weighted by molar-refractivity contribution is -0.140. The molecule has 0 fully saturated rings. The Labute approximate surface area is 103 Å². The van der Waals surface area contributed by atoms with Gasteiger partial charge in [-0.05, 0) is 6.42 Å². The first-order valence-electron chi connectivity index (χ1n) is 5.16. The number of carbonyl (C=O) groups is 4. The molecule has 0 spiro atoms. The molecule has 0 aliphatic carbocycles. The number of carboxylic acid groups (broad SMARTS) is 1. The number of nitrogens with one attached hydrogen (secondary N) is 2. The maximum atomic E-state index is 11.2. The van der Waals surface area contributed by atoms with Crippen LogP contribution in [0.3, 0.4) is 0 Å². The Kier molecular flexibility index (Phi) is 6.86. The maximum Gasteiger partial charge on any atom is 0.326 e. The van der Waals surface area contributed by atoms with Crippen LogP contribution in [0.2, 0.25) is 0 Å². The fraction of sp³-hybridized carbons (Fsp3) is 0.556. The third-order valence-corrected chi connectivity index (χ3v) is 1.89. The van der Waals surface area contributed by atoms with Gasteiger partial charge in [0.15, 0.2) is 0 Å². The van der Waals surface area contributed by atoms with Gasteiger partial charge >= 0.3 is 12.0 Å². The molecule has 1 atom stereocenters. The maximum absolute atomic E-state index is 11.2. The Morgan fingerprint density at radius 3 is 2.17 bits per heavy atom. The van der Waals surface area contributed by atoms with Crippen LogP contribution in [0.1, 0.15) is 19.3 Å². The topological polar surface area (TPSA) is 165 Å². The van der Waals surface area contributed by atoms with E-state index in [0.29, 0.717) is 6.42 Å². The van der Waals surface area contributed by atoms with Crippen molar-refractivity contribution in [2.75, 3.05) is 6.54 Å². The minimum absolute atomic E-state index is 0.115. The van der Waals surface area contributed by atoms with Gasteiger partial charge in [-0.15, -0.1) is 0 Å². The number of hydrogen-bond acceptors (Lipinski definition) is 4. The molecule has 0 aromatic rings. The zero-order chi connectivity index (χ0) is 14.1. The van der Waals surface area contributed by atoms with Crippen molar-refractivity contribution < 1.29 is 24.3 Å². The fourth-order valence-corrected chi connectivity index (χ4v) is 1.08. The molecule has 102 valence electrons. The summed E-state index contributed by atoms with van der Waals surface area (Å²) in [5.41, 5.74) is 9.72. The molecule has 4 amide bonds. The number of primary amides is 2. The van der Waals surface area contributed by atoms with Crippen LogP contribution >= 0.6 is 0 Å². The van der Waals surface area contributed by atoms with Gasteiger partial charge in [0.1, 0.15) is 6.04 Å². The molecule has 0 aliphatic rings. The second kappa shape index (κ2) is 7.87. The highest BCUT2D eigenvalue weighted by molar-refractivity contribution is 5.87. The molecule has 0 radical (unpaired) electrons. The molecule has 0 bridgehead atoms. The van der Waals surface area contributed by atoms with Crippen LogP contribution in [0.25, 0.3) is 0 Å². The van der Waals surface area contributed by atoms with E-state index in [1.807, 2.05) is 0 Å². The molecule has 0 aliphatic heterocycles. The molecule has 0 saturated heterocycles. The van der Waals surface area contributed by atoms with Crippen LogP contribution < -0.4 is 22.1 Å². The van der Waals surface area contributed by atoms with Crippen molar-refractivity contribution in [3.8, 4) is 0 Å². The molecule has 0 unspecified atom stereocenters. The number of aliphatic carboxylic acids is 1. The predicted molar refractivity (Wildman–Crippen MR) is 60.2 cm³/mol. The van der Waals surface area contributed by atoms with Crippen LogP contribution in [-0.4, -0.2) is 41.5 Å². The largest absolute Gasteiger partial charge is 0.480 e. The van der Waals surface area contributed by atoms with Gasteiger partial charge in [0.05, 0.1) is 6.42 Å². The molecule has 0 heterocycles. The first-order valence-corrected chi connectivity index (χ1v) is 5.16. The van der Waals surface area contributed by atoms with E-state index < -0.39 is 36.3 Å². The number of amides is 4. The van der Waals surface area contributed by atoms with Crippen LogP contribution in [0.5, 0.6) is 0 Å². The Bertz CT molecular complexity index is 344. The minimum atomic E-state index is -1.38. The summed E-state index contributed by atoms with van der Waals surface area (Å²) in [5.74, 6) is -2.69. The number of urea groups is 1. The standard InChI is InChI=1S/C9H16N4O5/c10-6(14)2-1-3-12-9(18)13-5(8(16)17)4-7(11)15/h5H,1-4H2,(H2,10,14)(H2,11,15)(H,16,17)(H2,12,13,18)/t5-/m1/s1. The monoisotopic (exact) mass is 260 g/mol. The summed E-state index contributed by atoms with van der Waals surface area (Å²) in [6.07, 6.45) is -0.0374. The number of carboxylic acids is 1. The van der Waals surface area contributed by atoms with Gasteiger partial charge in [-0.2, -0.15) is 0 Å². The quantitative estimate of drug-likeness (QED) is 0.314. The SMILES string of the molecule is NC(=O)CCCNC(=O)N[C@H](CC(N)=O)C(=O)O. The van der Waals surface area contributed by atoms with E-state index in [0.717, 1.165) is 0 Å². The number of nitrogens with two attached hydrogens (primary N) is 2. The zero-order valence-electron chi connectivity index (χ0n) is 9.64. The average molecular weight is 260 g/mol. The molecular weight excluding hydrogens is 244 g/mol. The predicted octanol–water partition coefficient (Wildman–Crippen LogP) is -2.12. The van der Waals surface area contributed by atoms with E-state index in [1.165, 1.54) is 0 Å². The third kappa shape index (κ3) is 7.91. The van der Waals surface area contributed by atoms with Crippen LogP contribution in [0, 0.1) is 0 Å². The highest BCUT2D eigenvalue weighted by Gasteiger charge is 2.21. The molecular formula is C9H16N4O5. The molecule has 0 aromatic carbocycles. The summed E-state index contributed by atoms with van der Waals surface area (Å²) in [4.78, 5) is 42.9. The molecule has 0 aromatic heterocycles. The third-order valence-electron chi connectivity index (χ3n) is 1.89. The summed E-state index contributed by atoms with van der Waals surface area (Å²) >= 11 is 0. The molecule has 9 heteroatoms. The summed E-state index contributed by atoms with van der Waals surface area (Å²) in [6.45, 7) is 0.164. The fourth-order valence-electron chi connectivity index (χ4n) is 1.08. The highest BCUT2D eigenvalue weighted by Crippen LogP contribution is 1.92. The molecule has 18 heavy (non-hydrogen) atoms. The Balaban J connectivity index is 3.99. The van der Waals surface area contributed by atoms with Crippen molar-refractivity contribution in [2.45, 2.75) is 25.3 Å². The van der Waals surface area contributed by atoms with Crippen LogP contribution in [0.15, 0.2) is 0 Å². The normalized spacial score (nSPS) is 11.3. The molecule has 7 N–H and O–H groups in total. The molecule has 0 saturated carbocycles. The highest BCUT2D eigenvalue weighted by atomic mass is 16.4.